The first-order valence-electron chi connectivity index (χ1n) is 5.65. The zero-order valence-electron chi connectivity index (χ0n) is 10.4. The van der Waals surface area contributed by atoms with E-state index in [1.54, 1.807) is 0 Å². The Bertz CT molecular complexity index is 252. The van der Waals surface area contributed by atoms with Crippen molar-refractivity contribution in [3.63, 3.8) is 0 Å². The topological polar surface area (TPSA) is 0 Å². The van der Waals surface area contributed by atoms with E-state index in [0.717, 1.165) is 0 Å². The van der Waals surface area contributed by atoms with E-state index in [9.17, 15) is 0 Å². The summed E-state index contributed by atoms with van der Waals surface area (Å²) in [7, 11) is 0. The molecule has 1 rings (SSSR count). The number of halogens is 2. The quantitative estimate of drug-likeness (QED) is 0.695. The molecule has 0 spiro atoms. The van der Waals surface area contributed by atoms with Crippen LogP contribution in [0.1, 0.15) is 26.3 Å². The predicted octanol–water partition coefficient (Wildman–Crippen LogP) is 0.489. The van der Waals surface area contributed by atoms with Gasteiger partial charge < -0.3 is 21.5 Å². The molecule has 0 aliphatic rings. The van der Waals surface area contributed by atoms with Crippen molar-refractivity contribution in [2.75, 3.05) is 19.6 Å². The number of quaternary nitrogens is 1. The van der Waals surface area contributed by atoms with Crippen molar-refractivity contribution in [3.8, 4) is 0 Å². The van der Waals surface area contributed by atoms with Crippen molar-refractivity contribution in [1.82, 2.24) is 0 Å². The van der Waals surface area contributed by atoms with Crippen LogP contribution < -0.4 is 17.0 Å². The third kappa shape index (κ3) is 4.86. The number of hydrogen-bond donors (Lipinski definition) is 0. The van der Waals surface area contributed by atoms with E-state index in [4.69, 9.17) is 0 Å². The number of rotatable bonds is 5. The Kier molecular flexibility index (Phi) is 10.3. The van der Waals surface area contributed by atoms with Gasteiger partial charge in [-0.15, -0.1) is 12.4 Å². The maximum atomic E-state index is 2.29. The van der Waals surface area contributed by atoms with E-state index in [0.29, 0.717) is 0 Å². The van der Waals surface area contributed by atoms with Gasteiger partial charge in [0.15, 0.2) is 0 Å². The average molecular weight is 309 g/mol. The van der Waals surface area contributed by atoms with Crippen LogP contribution in [0.3, 0.4) is 0 Å². The summed E-state index contributed by atoms with van der Waals surface area (Å²) in [5, 5.41) is 0. The molecule has 94 valence electrons. The summed E-state index contributed by atoms with van der Waals surface area (Å²) in [5.41, 5.74) is 1.46. The van der Waals surface area contributed by atoms with Crippen LogP contribution in [-0.2, 0) is 6.54 Å². The fourth-order valence-electron chi connectivity index (χ4n) is 1.98. The van der Waals surface area contributed by atoms with E-state index >= 15 is 0 Å². The molecule has 0 aliphatic heterocycles. The summed E-state index contributed by atoms with van der Waals surface area (Å²) in [6.07, 6.45) is 0. The molecule has 0 aliphatic carbocycles. The van der Waals surface area contributed by atoms with Gasteiger partial charge >= 0.3 is 0 Å². The van der Waals surface area contributed by atoms with E-state index in [2.05, 4.69) is 51.1 Å². The highest BCUT2D eigenvalue weighted by Crippen LogP contribution is 2.13. The molecule has 1 aromatic rings. The van der Waals surface area contributed by atoms with Crippen LogP contribution in [-0.4, -0.2) is 24.1 Å². The zero-order chi connectivity index (χ0) is 10.4. The molecular weight excluding hydrogens is 286 g/mol. The Labute approximate surface area is 117 Å². The van der Waals surface area contributed by atoms with Gasteiger partial charge in [0.1, 0.15) is 6.54 Å². The minimum atomic E-state index is 0. The first kappa shape index (κ1) is 18.3. The van der Waals surface area contributed by atoms with E-state index < -0.39 is 0 Å². The molecule has 0 saturated carbocycles. The van der Waals surface area contributed by atoms with Crippen LogP contribution in [0.2, 0.25) is 0 Å². The lowest BCUT2D eigenvalue weighted by Gasteiger charge is -2.35. The van der Waals surface area contributed by atoms with Crippen LogP contribution >= 0.6 is 12.4 Å². The summed E-state index contributed by atoms with van der Waals surface area (Å²) in [6, 6.07) is 10.8. The third-order valence-corrected chi connectivity index (χ3v) is 3.37. The smallest absolute Gasteiger partial charge is 0.104 e. The molecular formula is C13H23BrClN. The monoisotopic (exact) mass is 307 g/mol. The Morgan fingerprint density at radius 2 is 1.31 bits per heavy atom. The first-order valence-corrected chi connectivity index (χ1v) is 5.65. The van der Waals surface area contributed by atoms with Gasteiger partial charge in [0.05, 0.1) is 19.6 Å². The molecule has 1 aromatic carbocycles. The summed E-state index contributed by atoms with van der Waals surface area (Å²) in [6.45, 7) is 11.7. The van der Waals surface area contributed by atoms with Gasteiger partial charge in [-0.3, -0.25) is 0 Å². The fourth-order valence-corrected chi connectivity index (χ4v) is 1.98. The number of hydrogen-bond acceptors (Lipinski definition) is 0. The van der Waals surface area contributed by atoms with Crippen molar-refractivity contribution in [2.24, 2.45) is 0 Å². The summed E-state index contributed by atoms with van der Waals surface area (Å²) < 4.78 is 1.20. The molecule has 0 atom stereocenters. The van der Waals surface area contributed by atoms with Gasteiger partial charge in [0.25, 0.3) is 0 Å². The lowest BCUT2D eigenvalue weighted by Crippen LogP contribution is -3.00. The molecule has 0 amide bonds. The molecule has 0 fully saturated rings. The van der Waals surface area contributed by atoms with Gasteiger partial charge in [0.2, 0.25) is 0 Å². The van der Waals surface area contributed by atoms with E-state index in [1.807, 2.05) is 0 Å². The normalized spacial score (nSPS) is 10.2. The molecule has 0 aromatic heterocycles. The third-order valence-electron chi connectivity index (χ3n) is 3.37. The van der Waals surface area contributed by atoms with Crippen LogP contribution in [0, 0.1) is 0 Å². The van der Waals surface area contributed by atoms with Crippen LogP contribution in [0.15, 0.2) is 30.3 Å². The molecule has 16 heavy (non-hydrogen) atoms. The molecule has 3 heteroatoms. The van der Waals surface area contributed by atoms with Crippen LogP contribution in [0.5, 0.6) is 0 Å². The van der Waals surface area contributed by atoms with Crippen molar-refractivity contribution >= 4 is 12.4 Å². The van der Waals surface area contributed by atoms with Crippen molar-refractivity contribution < 1.29 is 21.5 Å². The summed E-state index contributed by atoms with van der Waals surface area (Å²) >= 11 is 0. The predicted molar refractivity (Wildman–Crippen MR) is 69.3 cm³/mol. The maximum Gasteiger partial charge on any atom is 0.104 e. The minimum Gasteiger partial charge on any atom is -1.00 e. The van der Waals surface area contributed by atoms with Crippen molar-refractivity contribution in [2.45, 2.75) is 27.3 Å². The largest absolute Gasteiger partial charge is 1.00 e. The lowest BCUT2D eigenvalue weighted by atomic mass is 10.2. The Balaban J connectivity index is 0. The van der Waals surface area contributed by atoms with Crippen molar-refractivity contribution in [1.29, 1.82) is 0 Å². The first-order chi connectivity index (χ1) is 6.76. The second-order valence-electron chi connectivity index (χ2n) is 3.93. The Morgan fingerprint density at radius 1 is 0.875 bits per heavy atom. The van der Waals surface area contributed by atoms with Gasteiger partial charge in [-0.05, 0) is 20.8 Å². The molecule has 0 bridgehead atoms. The Morgan fingerprint density at radius 3 is 1.69 bits per heavy atom. The number of benzene rings is 1. The average Bonchev–Trinajstić information content (AvgIpc) is 2.28. The second-order valence-corrected chi connectivity index (χ2v) is 3.93. The van der Waals surface area contributed by atoms with Gasteiger partial charge in [-0.2, -0.15) is 0 Å². The fraction of sp³-hybridized carbons (Fsp3) is 0.538. The van der Waals surface area contributed by atoms with Gasteiger partial charge in [0, 0.05) is 5.56 Å². The maximum absolute atomic E-state index is 2.29. The summed E-state index contributed by atoms with van der Waals surface area (Å²) in [5.74, 6) is 0. The molecule has 0 heterocycles. The van der Waals surface area contributed by atoms with E-state index in [-0.39, 0.29) is 29.4 Å². The van der Waals surface area contributed by atoms with E-state index in [1.165, 1.54) is 36.2 Å². The molecule has 0 radical (unpaired) electrons. The summed E-state index contributed by atoms with van der Waals surface area (Å²) in [4.78, 5) is 0. The molecule has 1 nitrogen and oxygen atoms in total. The zero-order valence-corrected chi connectivity index (χ0v) is 12.9. The highest BCUT2D eigenvalue weighted by atomic mass is 79.9. The highest BCUT2D eigenvalue weighted by molar-refractivity contribution is 5.85. The van der Waals surface area contributed by atoms with Crippen LogP contribution in [0.4, 0.5) is 0 Å². The SMILES string of the molecule is CC[N+](CC)(CC)Cc1ccccc1.Cl.[Br-]. The molecule has 0 saturated heterocycles. The standard InChI is InChI=1S/C13H22N.BrH.ClH/c1-4-14(5-2,6-3)12-13-10-8-7-9-11-13;;/h7-11H,4-6,12H2,1-3H3;2*1H/q+1;;/p-1. The minimum absolute atomic E-state index is 0. The highest BCUT2D eigenvalue weighted by Gasteiger charge is 2.20. The Hall–Kier alpha value is -0.0500. The van der Waals surface area contributed by atoms with Gasteiger partial charge in [-0.1, -0.05) is 30.3 Å². The van der Waals surface area contributed by atoms with Gasteiger partial charge in [-0.25, -0.2) is 0 Å². The van der Waals surface area contributed by atoms with Crippen molar-refractivity contribution in [3.05, 3.63) is 35.9 Å². The molecule has 0 unspecified atom stereocenters. The second kappa shape index (κ2) is 9.03. The molecule has 0 N–H and O–H groups in total. The number of nitrogens with zero attached hydrogens (tertiary/aromatic N) is 1. The lowest BCUT2D eigenvalue weighted by molar-refractivity contribution is -0.936. The van der Waals surface area contributed by atoms with Crippen LogP contribution in [0.25, 0.3) is 0 Å².